The Bertz CT molecular complexity index is 721. The maximum absolute atomic E-state index is 10.7. The topological polar surface area (TPSA) is 112 Å². The van der Waals surface area contributed by atoms with E-state index in [-0.39, 0.29) is 12.4 Å². The van der Waals surface area contributed by atoms with E-state index < -0.39 is 5.97 Å². The second-order valence-corrected chi connectivity index (χ2v) is 5.13. The highest BCUT2D eigenvalue weighted by atomic mass is 32.2. The second kappa shape index (κ2) is 6.39. The highest BCUT2D eigenvalue weighted by Crippen LogP contribution is 2.25. The number of rotatable bonds is 5. The summed E-state index contributed by atoms with van der Waals surface area (Å²) >= 11 is 1.00. The summed E-state index contributed by atoms with van der Waals surface area (Å²) in [4.78, 5) is 10.7. The largest absolute Gasteiger partial charge is 0.481 e. The van der Waals surface area contributed by atoms with Crippen molar-refractivity contribution in [2.24, 2.45) is 0 Å². The van der Waals surface area contributed by atoms with Crippen molar-refractivity contribution in [1.29, 1.82) is 5.26 Å². The number of thioether (sulfide) groups is 1. The molecule has 0 saturated carbocycles. The van der Waals surface area contributed by atoms with Crippen LogP contribution in [0.2, 0.25) is 0 Å². The summed E-state index contributed by atoms with van der Waals surface area (Å²) in [5.74, 6) is -0.843. The number of aliphatic hydroxyl groups excluding tert-OH is 1. The monoisotopic (exact) mass is 304 g/mol. The molecule has 7 nitrogen and oxygen atoms in total. The van der Waals surface area contributed by atoms with Gasteiger partial charge in [-0.25, -0.2) is 0 Å². The molecule has 1 aromatic heterocycles. The summed E-state index contributed by atoms with van der Waals surface area (Å²) in [6.07, 6.45) is 0. The number of aliphatic carboxylic acids is 1. The smallest absolute Gasteiger partial charge is 0.313 e. The number of hydrogen-bond acceptors (Lipinski definition) is 6. The third kappa shape index (κ3) is 3.21. The molecule has 8 heteroatoms. The molecule has 0 saturated heterocycles. The van der Waals surface area contributed by atoms with Crippen LogP contribution in [0.1, 0.15) is 17.0 Å². The molecule has 2 rings (SSSR count). The Balaban J connectivity index is 2.53. The predicted octanol–water partition coefficient (Wildman–Crippen LogP) is 1.12. The van der Waals surface area contributed by atoms with Crippen molar-refractivity contribution in [2.45, 2.75) is 18.7 Å². The standard InChI is InChI=1S/C13H12N4O3S/c1-8-2-3-9(5-14)4-10(8)17-11(6-18)15-16-13(17)21-7-12(19)20/h2-4,18H,6-7H2,1H3,(H,19,20). The van der Waals surface area contributed by atoms with E-state index in [2.05, 4.69) is 10.2 Å². The van der Waals surface area contributed by atoms with Crippen LogP contribution in [0.15, 0.2) is 23.4 Å². The van der Waals surface area contributed by atoms with Crippen molar-refractivity contribution in [3.8, 4) is 11.8 Å². The number of aliphatic hydroxyl groups is 1. The number of carboxylic acid groups (broad SMARTS) is 1. The van der Waals surface area contributed by atoms with Crippen molar-refractivity contribution >= 4 is 17.7 Å². The van der Waals surface area contributed by atoms with E-state index >= 15 is 0 Å². The quantitative estimate of drug-likeness (QED) is 0.796. The Labute approximate surface area is 124 Å². The van der Waals surface area contributed by atoms with Crippen LogP contribution in [0.5, 0.6) is 0 Å². The molecule has 0 spiro atoms. The van der Waals surface area contributed by atoms with E-state index in [9.17, 15) is 9.90 Å². The second-order valence-electron chi connectivity index (χ2n) is 4.19. The van der Waals surface area contributed by atoms with E-state index in [1.54, 1.807) is 22.8 Å². The van der Waals surface area contributed by atoms with Crippen LogP contribution in [0.3, 0.4) is 0 Å². The van der Waals surface area contributed by atoms with Crippen molar-refractivity contribution in [3.05, 3.63) is 35.2 Å². The van der Waals surface area contributed by atoms with E-state index in [0.29, 0.717) is 22.2 Å². The van der Waals surface area contributed by atoms with Gasteiger partial charge in [-0.15, -0.1) is 10.2 Å². The minimum atomic E-state index is -0.970. The third-order valence-corrected chi connectivity index (χ3v) is 3.66. The number of carbonyl (C=O) groups is 1. The van der Waals surface area contributed by atoms with Crippen molar-refractivity contribution in [3.63, 3.8) is 0 Å². The predicted molar refractivity (Wildman–Crippen MR) is 75.1 cm³/mol. The lowest BCUT2D eigenvalue weighted by molar-refractivity contribution is -0.133. The Morgan fingerprint density at radius 3 is 2.86 bits per heavy atom. The fraction of sp³-hybridized carbons (Fsp3) is 0.231. The van der Waals surface area contributed by atoms with Crippen LogP contribution in [0, 0.1) is 18.3 Å². The zero-order chi connectivity index (χ0) is 15.4. The average Bonchev–Trinajstić information content (AvgIpc) is 2.88. The van der Waals surface area contributed by atoms with Gasteiger partial charge in [-0.3, -0.25) is 9.36 Å². The fourth-order valence-electron chi connectivity index (χ4n) is 1.78. The molecular weight excluding hydrogens is 292 g/mol. The van der Waals surface area contributed by atoms with Gasteiger partial charge in [0.15, 0.2) is 11.0 Å². The van der Waals surface area contributed by atoms with E-state index in [1.807, 2.05) is 13.0 Å². The first kappa shape index (κ1) is 15.0. The maximum Gasteiger partial charge on any atom is 0.313 e. The molecule has 0 atom stereocenters. The van der Waals surface area contributed by atoms with Crippen LogP contribution in [-0.4, -0.2) is 36.7 Å². The number of hydrogen-bond donors (Lipinski definition) is 2. The Kier molecular flexibility index (Phi) is 4.57. The summed E-state index contributed by atoms with van der Waals surface area (Å²) in [6, 6.07) is 7.17. The van der Waals surface area contributed by atoms with Crippen LogP contribution in [-0.2, 0) is 11.4 Å². The minimum Gasteiger partial charge on any atom is -0.481 e. The molecule has 0 amide bonds. The molecular formula is C13H12N4O3S. The molecule has 0 bridgehead atoms. The highest BCUT2D eigenvalue weighted by Gasteiger charge is 2.16. The Hall–Kier alpha value is -2.37. The summed E-state index contributed by atoms with van der Waals surface area (Å²) in [5, 5.41) is 35.3. The van der Waals surface area contributed by atoms with E-state index in [4.69, 9.17) is 10.4 Å². The number of benzene rings is 1. The number of aryl methyl sites for hydroxylation is 1. The van der Waals surface area contributed by atoms with Gasteiger partial charge in [0, 0.05) is 0 Å². The molecule has 0 fully saturated rings. The van der Waals surface area contributed by atoms with Crippen LogP contribution in [0.25, 0.3) is 5.69 Å². The lowest BCUT2D eigenvalue weighted by Gasteiger charge is -2.11. The van der Waals surface area contributed by atoms with Gasteiger partial charge < -0.3 is 10.2 Å². The minimum absolute atomic E-state index is 0.166. The van der Waals surface area contributed by atoms with Gasteiger partial charge in [0.05, 0.1) is 23.1 Å². The normalized spacial score (nSPS) is 10.3. The van der Waals surface area contributed by atoms with Crippen molar-refractivity contribution in [2.75, 3.05) is 5.75 Å². The number of carboxylic acids is 1. The molecule has 1 heterocycles. The lowest BCUT2D eigenvalue weighted by atomic mass is 10.1. The maximum atomic E-state index is 10.7. The lowest BCUT2D eigenvalue weighted by Crippen LogP contribution is -2.06. The molecule has 108 valence electrons. The third-order valence-electron chi connectivity index (χ3n) is 2.75. The molecule has 0 aliphatic carbocycles. The van der Waals surface area contributed by atoms with Gasteiger partial charge >= 0.3 is 5.97 Å². The molecule has 21 heavy (non-hydrogen) atoms. The number of nitrogens with zero attached hydrogens (tertiary/aromatic N) is 4. The molecule has 0 unspecified atom stereocenters. The number of aromatic nitrogens is 3. The molecule has 1 aromatic carbocycles. The zero-order valence-corrected chi connectivity index (χ0v) is 12.0. The van der Waals surface area contributed by atoms with E-state index in [1.165, 1.54) is 0 Å². The molecule has 0 aliphatic rings. The zero-order valence-electron chi connectivity index (χ0n) is 11.1. The Morgan fingerprint density at radius 2 is 2.24 bits per heavy atom. The SMILES string of the molecule is Cc1ccc(C#N)cc1-n1c(CO)nnc1SCC(=O)O. The summed E-state index contributed by atoms with van der Waals surface area (Å²) in [6.45, 7) is 1.51. The first-order chi connectivity index (χ1) is 10.1. The molecule has 0 aliphatic heterocycles. The summed E-state index contributed by atoms with van der Waals surface area (Å²) < 4.78 is 1.57. The Morgan fingerprint density at radius 1 is 1.48 bits per heavy atom. The molecule has 0 radical (unpaired) electrons. The summed E-state index contributed by atoms with van der Waals surface area (Å²) in [7, 11) is 0. The fourth-order valence-corrected chi connectivity index (χ4v) is 2.47. The number of nitriles is 1. The van der Waals surface area contributed by atoms with E-state index in [0.717, 1.165) is 17.3 Å². The van der Waals surface area contributed by atoms with Gasteiger partial charge in [0.25, 0.3) is 0 Å². The van der Waals surface area contributed by atoms with Crippen LogP contribution in [0.4, 0.5) is 0 Å². The van der Waals surface area contributed by atoms with Gasteiger partial charge in [-0.2, -0.15) is 5.26 Å². The summed E-state index contributed by atoms with van der Waals surface area (Å²) in [5.41, 5.74) is 1.97. The van der Waals surface area contributed by atoms with Crippen molar-refractivity contribution in [1.82, 2.24) is 14.8 Å². The van der Waals surface area contributed by atoms with Gasteiger partial charge in [0.1, 0.15) is 6.61 Å². The average molecular weight is 304 g/mol. The van der Waals surface area contributed by atoms with Gasteiger partial charge in [-0.05, 0) is 24.6 Å². The van der Waals surface area contributed by atoms with Gasteiger partial charge in [0.2, 0.25) is 0 Å². The first-order valence-corrected chi connectivity index (χ1v) is 6.96. The molecule has 2 N–H and O–H groups in total. The van der Waals surface area contributed by atoms with Crippen molar-refractivity contribution < 1.29 is 15.0 Å². The highest BCUT2D eigenvalue weighted by molar-refractivity contribution is 7.99. The van der Waals surface area contributed by atoms with Crippen LogP contribution >= 0.6 is 11.8 Å². The first-order valence-electron chi connectivity index (χ1n) is 5.97. The van der Waals surface area contributed by atoms with Gasteiger partial charge in [-0.1, -0.05) is 17.8 Å². The van der Waals surface area contributed by atoms with Crippen LogP contribution < -0.4 is 0 Å². The molecule has 2 aromatic rings.